The first-order valence-electron chi connectivity index (χ1n) is 8.68. The average Bonchev–Trinajstić information content (AvgIpc) is 3.32. The number of aliphatic hydroxyl groups is 1. The summed E-state index contributed by atoms with van der Waals surface area (Å²) in [6.07, 6.45) is 9.37. The van der Waals surface area contributed by atoms with E-state index in [-0.39, 0.29) is 0 Å². The largest absolute Gasteiger partial charge is 0.493 e. The third-order valence-electron chi connectivity index (χ3n) is 5.86. The van der Waals surface area contributed by atoms with E-state index >= 15 is 0 Å². The van der Waals surface area contributed by atoms with Crippen LogP contribution in [0.2, 0.25) is 0 Å². The van der Waals surface area contributed by atoms with Crippen LogP contribution in [-0.4, -0.2) is 17.3 Å². The zero-order chi connectivity index (χ0) is 14.3. The standard InChI is InChI=1S/C19H26O2/c20-19(10-3-4-15(12-19)14-7-8-14)13-16-9-11-21-18-6-2-1-5-17(16)18/h1-2,5-6,14-16,20H,3-4,7-13H2. The highest BCUT2D eigenvalue weighted by atomic mass is 16.5. The minimum absolute atomic E-state index is 0.430. The van der Waals surface area contributed by atoms with Crippen molar-refractivity contribution in [2.24, 2.45) is 11.8 Å². The third-order valence-corrected chi connectivity index (χ3v) is 5.86. The highest BCUT2D eigenvalue weighted by Gasteiger charge is 2.42. The topological polar surface area (TPSA) is 29.5 Å². The molecule has 4 rings (SSSR count). The van der Waals surface area contributed by atoms with E-state index in [1.165, 1.54) is 31.2 Å². The lowest BCUT2D eigenvalue weighted by Crippen LogP contribution is -2.38. The van der Waals surface area contributed by atoms with Crippen molar-refractivity contribution in [1.82, 2.24) is 0 Å². The van der Waals surface area contributed by atoms with Gasteiger partial charge in [0.15, 0.2) is 0 Å². The Morgan fingerprint density at radius 2 is 1.95 bits per heavy atom. The molecule has 3 aliphatic rings. The summed E-state index contributed by atoms with van der Waals surface area (Å²) in [6.45, 7) is 0.795. The van der Waals surface area contributed by atoms with Crippen molar-refractivity contribution < 1.29 is 9.84 Å². The van der Waals surface area contributed by atoms with E-state index in [9.17, 15) is 5.11 Å². The molecule has 2 saturated carbocycles. The van der Waals surface area contributed by atoms with Gasteiger partial charge in [0, 0.05) is 0 Å². The number of fused-ring (bicyclic) bond motifs is 1. The van der Waals surface area contributed by atoms with Crippen LogP contribution in [-0.2, 0) is 0 Å². The van der Waals surface area contributed by atoms with Crippen molar-refractivity contribution in [3.8, 4) is 5.75 Å². The van der Waals surface area contributed by atoms with E-state index in [1.807, 2.05) is 6.07 Å². The van der Waals surface area contributed by atoms with Gasteiger partial charge in [0.2, 0.25) is 0 Å². The molecule has 1 heterocycles. The van der Waals surface area contributed by atoms with E-state index in [2.05, 4.69) is 18.2 Å². The molecule has 2 heteroatoms. The summed E-state index contributed by atoms with van der Waals surface area (Å²) in [4.78, 5) is 0. The van der Waals surface area contributed by atoms with E-state index < -0.39 is 5.60 Å². The number of ether oxygens (including phenoxy) is 1. The molecule has 2 nitrogen and oxygen atoms in total. The number of para-hydroxylation sites is 1. The molecule has 1 aromatic carbocycles. The maximum absolute atomic E-state index is 11.2. The molecule has 0 saturated heterocycles. The lowest BCUT2D eigenvalue weighted by Gasteiger charge is -2.40. The van der Waals surface area contributed by atoms with Crippen molar-refractivity contribution in [1.29, 1.82) is 0 Å². The molecule has 2 aliphatic carbocycles. The summed E-state index contributed by atoms with van der Waals surface area (Å²) < 4.78 is 5.76. The van der Waals surface area contributed by atoms with Crippen LogP contribution in [0.5, 0.6) is 5.75 Å². The molecule has 0 aromatic heterocycles. The van der Waals surface area contributed by atoms with E-state index in [0.717, 1.165) is 49.9 Å². The van der Waals surface area contributed by atoms with Crippen LogP contribution in [0.1, 0.15) is 62.8 Å². The van der Waals surface area contributed by atoms with Crippen LogP contribution in [0, 0.1) is 11.8 Å². The third kappa shape index (κ3) is 2.83. The fourth-order valence-corrected chi connectivity index (χ4v) is 4.63. The second kappa shape index (κ2) is 5.31. The van der Waals surface area contributed by atoms with Crippen molar-refractivity contribution in [3.05, 3.63) is 29.8 Å². The quantitative estimate of drug-likeness (QED) is 0.899. The molecular weight excluding hydrogens is 260 g/mol. The molecular formula is C19H26O2. The Bertz CT molecular complexity index is 508. The van der Waals surface area contributed by atoms with Crippen LogP contribution in [0.3, 0.4) is 0 Å². The normalized spacial score (nSPS) is 35.9. The van der Waals surface area contributed by atoms with Crippen LogP contribution >= 0.6 is 0 Å². The zero-order valence-electron chi connectivity index (χ0n) is 12.8. The Morgan fingerprint density at radius 1 is 1.10 bits per heavy atom. The molecule has 2 fully saturated rings. The Morgan fingerprint density at radius 3 is 2.81 bits per heavy atom. The Labute approximate surface area is 127 Å². The highest BCUT2D eigenvalue weighted by molar-refractivity contribution is 5.38. The fraction of sp³-hybridized carbons (Fsp3) is 0.684. The molecule has 3 atom stereocenters. The van der Waals surface area contributed by atoms with Gasteiger partial charge in [0.05, 0.1) is 12.2 Å². The molecule has 114 valence electrons. The van der Waals surface area contributed by atoms with Gasteiger partial charge in [-0.2, -0.15) is 0 Å². The summed E-state index contributed by atoms with van der Waals surface area (Å²) >= 11 is 0. The lowest BCUT2D eigenvalue weighted by atomic mass is 9.70. The number of hydrogen-bond donors (Lipinski definition) is 1. The Hall–Kier alpha value is -1.02. The van der Waals surface area contributed by atoms with Crippen LogP contribution in [0.15, 0.2) is 24.3 Å². The minimum Gasteiger partial charge on any atom is -0.493 e. The second-order valence-corrected chi connectivity index (χ2v) is 7.49. The first-order valence-corrected chi connectivity index (χ1v) is 8.68. The van der Waals surface area contributed by atoms with Crippen molar-refractivity contribution in [3.63, 3.8) is 0 Å². The van der Waals surface area contributed by atoms with Gasteiger partial charge in [-0.3, -0.25) is 0 Å². The van der Waals surface area contributed by atoms with Crippen molar-refractivity contribution in [2.45, 2.75) is 62.9 Å². The SMILES string of the molecule is OC1(CC2CCOc3ccccc32)CCCC(C2CC2)C1. The maximum atomic E-state index is 11.2. The van der Waals surface area contributed by atoms with Gasteiger partial charge in [-0.05, 0) is 74.3 Å². The predicted octanol–water partition coefficient (Wildman–Crippen LogP) is 4.27. The lowest BCUT2D eigenvalue weighted by molar-refractivity contribution is -0.0345. The smallest absolute Gasteiger partial charge is 0.122 e. The first kappa shape index (κ1) is 13.6. The molecule has 0 bridgehead atoms. The van der Waals surface area contributed by atoms with Crippen LogP contribution < -0.4 is 4.74 Å². The Kier molecular flexibility index (Phi) is 3.45. The summed E-state index contributed by atoms with van der Waals surface area (Å²) in [5, 5.41) is 11.2. The minimum atomic E-state index is -0.430. The van der Waals surface area contributed by atoms with Crippen LogP contribution in [0.4, 0.5) is 0 Å². The summed E-state index contributed by atoms with van der Waals surface area (Å²) in [5.41, 5.74) is 0.881. The highest BCUT2D eigenvalue weighted by Crippen LogP contribution is 2.49. The van der Waals surface area contributed by atoms with Gasteiger partial charge in [0.1, 0.15) is 5.75 Å². The summed E-state index contributed by atoms with van der Waals surface area (Å²) in [6, 6.07) is 8.39. The molecule has 3 unspecified atom stereocenters. The molecule has 1 N–H and O–H groups in total. The van der Waals surface area contributed by atoms with Gasteiger partial charge >= 0.3 is 0 Å². The van der Waals surface area contributed by atoms with Gasteiger partial charge in [-0.1, -0.05) is 24.6 Å². The molecule has 0 amide bonds. The predicted molar refractivity (Wildman–Crippen MR) is 83.5 cm³/mol. The average molecular weight is 286 g/mol. The van der Waals surface area contributed by atoms with Gasteiger partial charge in [-0.25, -0.2) is 0 Å². The summed E-state index contributed by atoms with van der Waals surface area (Å²) in [7, 11) is 0. The molecule has 0 spiro atoms. The van der Waals surface area contributed by atoms with E-state index in [0.29, 0.717) is 5.92 Å². The van der Waals surface area contributed by atoms with Gasteiger partial charge in [-0.15, -0.1) is 0 Å². The molecule has 21 heavy (non-hydrogen) atoms. The van der Waals surface area contributed by atoms with Gasteiger partial charge in [0.25, 0.3) is 0 Å². The maximum Gasteiger partial charge on any atom is 0.122 e. The monoisotopic (exact) mass is 286 g/mol. The number of benzene rings is 1. The molecule has 1 aromatic rings. The van der Waals surface area contributed by atoms with Gasteiger partial charge < -0.3 is 9.84 Å². The van der Waals surface area contributed by atoms with Crippen molar-refractivity contribution in [2.75, 3.05) is 6.61 Å². The van der Waals surface area contributed by atoms with Crippen molar-refractivity contribution >= 4 is 0 Å². The second-order valence-electron chi connectivity index (χ2n) is 7.49. The first-order chi connectivity index (χ1) is 10.2. The van der Waals surface area contributed by atoms with E-state index in [1.54, 1.807) is 0 Å². The van der Waals surface area contributed by atoms with E-state index in [4.69, 9.17) is 4.74 Å². The zero-order valence-corrected chi connectivity index (χ0v) is 12.8. The number of rotatable bonds is 3. The Balaban J connectivity index is 1.50. The van der Waals surface area contributed by atoms with Crippen LogP contribution in [0.25, 0.3) is 0 Å². The molecule has 0 radical (unpaired) electrons. The fourth-order valence-electron chi connectivity index (χ4n) is 4.63. The summed E-state index contributed by atoms with van der Waals surface area (Å²) in [5.74, 6) is 3.22. The number of hydrogen-bond acceptors (Lipinski definition) is 2. The molecule has 1 aliphatic heterocycles.